The molecule has 1 aromatic rings. The van der Waals surface area contributed by atoms with E-state index < -0.39 is 30.2 Å². The van der Waals surface area contributed by atoms with Gasteiger partial charge in [0.05, 0.1) is 6.61 Å². The average molecular weight is 271 g/mol. The average Bonchev–Trinajstić information content (AvgIpc) is 2.64. The van der Waals surface area contributed by atoms with E-state index in [1.807, 2.05) is 6.92 Å². The minimum absolute atomic E-state index is 0.0835. The lowest BCUT2D eigenvalue weighted by molar-refractivity contribution is -0.0668. The fourth-order valence-corrected chi connectivity index (χ4v) is 1.95. The van der Waals surface area contributed by atoms with Gasteiger partial charge in [0.15, 0.2) is 6.23 Å². The Bertz CT molecular complexity index is 491. The molecule has 1 aliphatic heterocycles. The van der Waals surface area contributed by atoms with Gasteiger partial charge in [-0.1, -0.05) is 0 Å². The molecule has 0 aromatic carbocycles. The van der Waals surface area contributed by atoms with Crippen LogP contribution in [0, 0.1) is 0 Å². The molecule has 8 heteroatoms. The summed E-state index contributed by atoms with van der Waals surface area (Å²) in [6.45, 7) is 2.42. The van der Waals surface area contributed by atoms with E-state index in [-0.39, 0.29) is 12.4 Å². The smallest absolute Gasteiger partial charge is 0.351 e. The zero-order chi connectivity index (χ0) is 14.0. The summed E-state index contributed by atoms with van der Waals surface area (Å²) in [5.41, 5.74) is 4.74. The number of hydrogen-bond donors (Lipinski definition) is 3. The van der Waals surface area contributed by atoms with Crippen LogP contribution in [0.15, 0.2) is 17.1 Å². The van der Waals surface area contributed by atoms with E-state index in [4.69, 9.17) is 15.2 Å². The highest BCUT2D eigenvalue weighted by Crippen LogP contribution is 2.28. The number of ether oxygens (including phenoxy) is 2. The van der Waals surface area contributed by atoms with Crippen LogP contribution in [-0.2, 0) is 9.47 Å². The summed E-state index contributed by atoms with van der Waals surface area (Å²) in [7, 11) is 0. The van der Waals surface area contributed by atoms with Gasteiger partial charge in [0.2, 0.25) is 0 Å². The summed E-state index contributed by atoms with van der Waals surface area (Å²) in [4.78, 5) is 15.2. The van der Waals surface area contributed by atoms with E-state index in [0.29, 0.717) is 6.61 Å². The molecule has 19 heavy (non-hydrogen) atoms. The number of rotatable bonds is 4. The third kappa shape index (κ3) is 2.76. The van der Waals surface area contributed by atoms with Crippen LogP contribution in [0.4, 0.5) is 5.82 Å². The van der Waals surface area contributed by atoms with E-state index in [1.165, 1.54) is 12.3 Å². The Kier molecular flexibility index (Phi) is 4.15. The molecule has 0 saturated carbocycles. The van der Waals surface area contributed by atoms with Crippen LogP contribution >= 0.6 is 0 Å². The number of nitrogens with two attached hydrogens (primary N) is 1. The molecule has 0 radical (unpaired) electrons. The van der Waals surface area contributed by atoms with E-state index in [2.05, 4.69) is 4.98 Å². The van der Waals surface area contributed by atoms with Crippen molar-refractivity contribution >= 4 is 5.82 Å². The molecule has 0 unspecified atom stereocenters. The van der Waals surface area contributed by atoms with Crippen molar-refractivity contribution < 1.29 is 19.7 Å². The first-order chi connectivity index (χ1) is 9.04. The summed E-state index contributed by atoms with van der Waals surface area (Å²) in [6, 6.07) is 1.42. The van der Waals surface area contributed by atoms with Crippen molar-refractivity contribution in [3.63, 3.8) is 0 Å². The molecule has 4 N–H and O–H groups in total. The summed E-state index contributed by atoms with van der Waals surface area (Å²) >= 11 is 0. The standard InChI is InChI=1S/C11H17N3O5/c1-2-18-5-6-8(15)9(16)10(19-6)14-4-3-7(12)13-11(14)17/h3-4,6,8-10,15-16H,2,5H2,1H3,(H2,12,13,17)/t6-,8-,9-,10-/m1/s1. The van der Waals surface area contributed by atoms with Crippen LogP contribution in [0.5, 0.6) is 0 Å². The number of aromatic nitrogens is 2. The number of nitrogen functional groups attached to an aromatic ring is 1. The Balaban J connectivity index is 2.19. The van der Waals surface area contributed by atoms with Crippen LogP contribution in [0.2, 0.25) is 0 Å². The van der Waals surface area contributed by atoms with Crippen molar-refractivity contribution in [3.8, 4) is 0 Å². The van der Waals surface area contributed by atoms with Gasteiger partial charge in [-0.2, -0.15) is 4.98 Å². The van der Waals surface area contributed by atoms with Crippen molar-refractivity contribution in [2.75, 3.05) is 18.9 Å². The van der Waals surface area contributed by atoms with Crippen LogP contribution in [0.1, 0.15) is 13.2 Å². The van der Waals surface area contributed by atoms with Crippen LogP contribution < -0.4 is 11.4 Å². The van der Waals surface area contributed by atoms with Gasteiger partial charge in [-0.3, -0.25) is 4.57 Å². The number of aliphatic hydroxyl groups is 2. The lowest BCUT2D eigenvalue weighted by atomic mass is 10.1. The number of aliphatic hydroxyl groups excluding tert-OH is 2. The second kappa shape index (κ2) is 5.66. The first kappa shape index (κ1) is 13.9. The molecule has 0 aliphatic carbocycles. The fraction of sp³-hybridized carbons (Fsp3) is 0.636. The first-order valence-corrected chi connectivity index (χ1v) is 5.98. The van der Waals surface area contributed by atoms with Gasteiger partial charge >= 0.3 is 5.69 Å². The summed E-state index contributed by atoms with van der Waals surface area (Å²) in [5.74, 6) is 0.0835. The predicted molar refractivity (Wildman–Crippen MR) is 65.3 cm³/mol. The lowest BCUT2D eigenvalue weighted by Crippen LogP contribution is -2.36. The van der Waals surface area contributed by atoms with E-state index in [0.717, 1.165) is 4.57 Å². The largest absolute Gasteiger partial charge is 0.387 e. The van der Waals surface area contributed by atoms with E-state index in [9.17, 15) is 15.0 Å². The van der Waals surface area contributed by atoms with Gasteiger partial charge in [-0.05, 0) is 13.0 Å². The molecule has 1 aliphatic rings. The maximum atomic E-state index is 11.7. The molecule has 1 saturated heterocycles. The maximum absolute atomic E-state index is 11.7. The minimum atomic E-state index is -1.23. The Labute approximate surface area is 109 Å². The monoisotopic (exact) mass is 271 g/mol. The molecule has 0 amide bonds. The predicted octanol–water partition coefficient (Wildman–Crippen LogP) is -1.52. The second-order valence-corrected chi connectivity index (χ2v) is 4.25. The molecule has 1 aromatic heterocycles. The van der Waals surface area contributed by atoms with Crippen LogP contribution in [-0.4, -0.2) is 51.3 Å². The Morgan fingerprint density at radius 1 is 1.53 bits per heavy atom. The molecule has 4 atom stereocenters. The van der Waals surface area contributed by atoms with Crippen molar-refractivity contribution in [2.45, 2.75) is 31.5 Å². The number of anilines is 1. The van der Waals surface area contributed by atoms with Gasteiger partial charge in [-0.25, -0.2) is 4.79 Å². The molecule has 0 bridgehead atoms. The van der Waals surface area contributed by atoms with E-state index in [1.54, 1.807) is 0 Å². The molecule has 2 heterocycles. The molecule has 8 nitrogen and oxygen atoms in total. The van der Waals surface area contributed by atoms with E-state index >= 15 is 0 Å². The van der Waals surface area contributed by atoms with Gasteiger partial charge in [-0.15, -0.1) is 0 Å². The van der Waals surface area contributed by atoms with Crippen LogP contribution in [0.25, 0.3) is 0 Å². The molecule has 1 fully saturated rings. The summed E-state index contributed by atoms with van der Waals surface area (Å²) in [5, 5.41) is 19.8. The molecular weight excluding hydrogens is 254 g/mol. The van der Waals surface area contributed by atoms with Gasteiger partial charge < -0.3 is 25.4 Å². The van der Waals surface area contributed by atoms with Crippen molar-refractivity contribution in [3.05, 3.63) is 22.7 Å². The lowest BCUT2D eigenvalue weighted by Gasteiger charge is -2.16. The van der Waals surface area contributed by atoms with Gasteiger partial charge in [0.1, 0.15) is 24.1 Å². The molecule has 106 valence electrons. The highest BCUT2D eigenvalue weighted by molar-refractivity contribution is 5.23. The molecule has 2 rings (SSSR count). The zero-order valence-corrected chi connectivity index (χ0v) is 10.5. The second-order valence-electron chi connectivity index (χ2n) is 4.25. The highest BCUT2D eigenvalue weighted by Gasteiger charge is 2.44. The molecule has 0 spiro atoms. The third-order valence-corrected chi connectivity index (χ3v) is 2.95. The first-order valence-electron chi connectivity index (χ1n) is 5.98. The van der Waals surface area contributed by atoms with Gasteiger partial charge in [0.25, 0.3) is 0 Å². The van der Waals surface area contributed by atoms with Crippen molar-refractivity contribution in [1.82, 2.24) is 9.55 Å². The Morgan fingerprint density at radius 2 is 2.26 bits per heavy atom. The maximum Gasteiger partial charge on any atom is 0.351 e. The third-order valence-electron chi connectivity index (χ3n) is 2.95. The quantitative estimate of drug-likeness (QED) is 0.608. The number of hydrogen-bond acceptors (Lipinski definition) is 7. The number of nitrogens with zero attached hydrogens (tertiary/aromatic N) is 2. The summed E-state index contributed by atoms with van der Waals surface area (Å²) in [6.07, 6.45) is -2.67. The molecular formula is C11H17N3O5. The Morgan fingerprint density at radius 3 is 2.89 bits per heavy atom. The minimum Gasteiger partial charge on any atom is -0.387 e. The fourth-order valence-electron chi connectivity index (χ4n) is 1.95. The highest BCUT2D eigenvalue weighted by atomic mass is 16.6. The van der Waals surface area contributed by atoms with Gasteiger partial charge in [0, 0.05) is 12.8 Å². The SMILES string of the molecule is CCOC[C@H]1O[C@@H](n2ccc(N)nc2=O)[C@H](O)[C@@H]1O. The summed E-state index contributed by atoms with van der Waals surface area (Å²) < 4.78 is 11.7. The van der Waals surface area contributed by atoms with Crippen molar-refractivity contribution in [1.29, 1.82) is 0 Å². The topological polar surface area (TPSA) is 120 Å². The van der Waals surface area contributed by atoms with Crippen molar-refractivity contribution in [2.24, 2.45) is 0 Å². The van der Waals surface area contributed by atoms with Crippen LogP contribution in [0.3, 0.4) is 0 Å². The zero-order valence-electron chi connectivity index (χ0n) is 10.5. The Hall–Kier alpha value is -1.48. The normalized spacial score (nSPS) is 30.7.